The highest BCUT2D eigenvalue weighted by atomic mass is 32.1. The minimum Gasteiger partial charge on any atom is -0.456 e. The summed E-state index contributed by atoms with van der Waals surface area (Å²) in [5, 5.41) is 21.2. The second kappa shape index (κ2) is 10.0. The monoisotopic (exact) mass is 465 g/mol. The summed E-state index contributed by atoms with van der Waals surface area (Å²) in [7, 11) is 0. The first-order chi connectivity index (χ1) is 15.2. The van der Waals surface area contributed by atoms with Crippen molar-refractivity contribution in [2.24, 2.45) is 0 Å². The summed E-state index contributed by atoms with van der Waals surface area (Å²) in [6, 6.07) is 6.37. The third-order valence-electron chi connectivity index (χ3n) is 5.14. The summed E-state index contributed by atoms with van der Waals surface area (Å²) in [5.41, 5.74) is -0.273. The molecule has 2 N–H and O–H groups in total. The highest BCUT2D eigenvalue weighted by Crippen LogP contribution is 2.28. The lowest BCUT2D eigenvalue weighted by Gasteiger charge is -2.18. The number of thiocarbonyl (C=S) groups is 1. The van der Waals surface area contributed by atoms with Crippen LogP contribution in [0.5, 0.6) is 0 Å². The number of nitro benzene ring substituents is 1. The Balaban J connectivity index is 1.52. The maximum absolute atomic E-state index is 12.0. The Hall–Kier alpha value is -3.09. The zero-order chi connectivity index (χ0) is 23.4. The fourth-order valence-corrected chi connectivity index (χ4v) is 3.52. The molecule has 1 unspecified atom stereocenters. The zero-order valence-corrected chi connectivity index (χ0v) is 18.2. The van der Waals surface area contributed by atoms with Gasteiger partial charge in [-0.1, -0.05) is 25.1 Å². The molecule has 1 saturated heterocycles. The molecule has 2 aromatic rings. The highest BCUT2D eigenvalue weighted by molar-refractivity contribution is 7.79. The van der Waals surface area contributed by atoms with Crippen molar-refractivity contribution in [1.82, 2.24) is 9.55 Å². The molecule has 0 saturated carbocycles. The van der Waals surface area contributed by atoms with E-state index in [4.69, 9.17) is 26.4 Å². The van der Waals surface area contributed by atoms with Crippen LogP contribution < -0.4 is 11.2 Å². The second-order valence-corrected chi connectivity index (χ2v) is 7.83. The van der Waals surface area contributed by atoms with Crippen molar-refractivity contribution in [3.63, 3.8) is 0 Å². The van der Waals surface area contributed by atoms with Crippen LogP contribution in [0.25, 0.3) is 0 Å². The molecule has 1 aliphatic rings. The van der Waals surface area contributed by atoms with Crippen LogP contribution in [0.4, 0.5) is 5.69 Å². The Morgan fingerprint density at radius 1 is 1.41 bits per heavy atom. The van der Waals surface area contributed by atoms with E-state index in [2.05, 4.69) is 4.98 Å². The van der Waals surface area contributed by atoms with E-state index in [-0.39, 0.29) is 36.5 Å². The number of hydrogen-bond acceptors (Lipinski definition) is 9. The number of hydrogen-bond donors (Lipinski definition) is 2. The number of aromatic amines is 1. The van der Waals surface area contributed by atoms with Crippen LogP contribution >= 0.6 is 12.2 Å². The molecule has 4 atom stereocenters. The highest BCUT2D eigenvalue weighted by Gasteiger charge is 2.36. The lowest BCUT2D eigenvalue weighted by molar-refractivity contribution is -0.385. The number of para-hydroxylation sites is 1. The van der Waals surface area contributed by atoms with E-state index >= 15 is 0 Å². The van der Waals surface area contributed by atoms with Gasteiger partial charge >= 0.3 is 10.9 Å². The molecule has 0 aliphatic carbocycles. The van der Waals surface area contributed by atoms with E-state index in [1.165, 1.54) is 16.8 Å². The predicted molar refractivity (Wildman–Crippen MR) is 117 cm³/mol. The third kappa shape index (κ3) is 5.39. The topological polar surface area (TPSA) is 146 Å². The molecule has 1 aromatic carbocycles. The third-order valence-corrected chi connectivity index (χ3v) is 5.38. The molecule has 0 amide bonds. The summed E-state index contributed by atoms with van der Waals surface area (Å²) in [6.45, 7) is 3.27. The molecular weight excluding hydrogens is 442 g/mol. The Morgan fingerprint density at radius 3 is 2.84 bits per heavy atom. The lowest BCUT2D eigenvalue weighted by Crippen LogP contribution is -2.33. The number of nitrogens with zero attached hydrogens (tertiary/aromatic N) is 2. The maximum atomic E-state index is 12.0. The van der Waals surface area contributed by atoms with Gasteiger partial charge in [0.2, 0.25) is 0 Å². The van der Waals surface area contributed by atoms with Crippen LogP contribution in [0.15, 0.2) is 40.1 Å². The molecule has 0 bridgehead atoms. The number of aliphatic hydroxyl groups is 1. The molecule has 2 heterocycles. The van der Waals surface area contributed by atoms with Gasteiger partial charge < -0.3 is 19.3 Å². The van der Waals surface area contributed by atoms with Gasteiger partial charge in [-0.15, -0.1) is 0 Å². The number of nitro groups is 1. The maximum Gasteiger partial charge on any atom is 0.352 e. The molecular formula is C20H23N3O8S. The van der Waals surface area contributed by atoms with Crippen molar-refractivity contribution in [2.75, 3.05) is 13.2 Å². The number of benzene rings is 1. The van der Waals surface area contributed by atoms with Crippen LogP contribution in [-0.4, -0.2) is 50.2 Å². The number of aromatic nitrogens is 2. The summed E-state index contributed by atoms with van der Waals surface area (Å²) in [5.74, 6) is -0.314. The first-order valence-electron chi connectivity index (χ1n) is 9.85. The van der Waals surface area contributed by atoms with Gasteiger partial charge in [0.15, 0.2) is 0 Å². The summed E-state index contributed by atoms with van der Waals surface area (Å²) < 4.78 is 17.7. The molecule has 1 aliphatic heterocycles. The summed E-state index contributed by atoms with van der Waals surface area (Å²) in [4.78, 5) is 36.5. The van der Waals surface area contributed by atoms with Gasteiger partial charge in [0.1, 0.15) is 18.9 Å². The van der Waals surface area contributed by atoms with Crippen molar-refractivity contribution in [2.45, 2.75) is 44.6 Å². The van der Waals surface area contributed by atoms with E-state index < -0.39 is 34.6 Å². The van der Waals surface area contributed by atoms with Crippen molar-refractivity contribution >= 4 is 23.1 Å². The standard InChI is InChI=1S/C20H23N3O8S/c1-11-8-22(19(26)21-18(11)25)17-7-15(24)16(31-17)10-30-20(32)29-9-12(2)13-5-3-4-6-14(13)23(27)28/h3-6,8,12,15-17,24H,7,9-10H2,1-2H3,(H,21,25,26)/t12?,15-,16+,17+/m0/s1. The fraction of sp³-hybridized carbons (Fsp3) is 0.450. The van der Waals surface area contributed by atoms with Gasteiger partial charge in [0.05, 0.1) is 17.6 Å². The quantitative estimate of drug-likeness (QED) is 0.353. The minimum atomic E-state index is -0.923. The van der Waals surface area contributed by atoms with Gasteiger partial charge in [-0.2, -0.15) is 0 Å². The predicted octanol–water partition coefficient (Wildman–Crippen LogP) is 1.52. The molecule has 1 aromatic heterocycles. The molecule has 0 spiro atoms. The van der Waals surface area contributed by atoms with Crippen molar-refractivity contribution in [1.29, 1.82) is 0 Å². The van der Waals surface area contributed by atoms with E-state index in [0.29, 0.717) is 11.1 Å². The summed E-state index contributed by atoms with van der Waals surface area (Å²) >= 11 is 5.04. The molecule has 172 valence electrons. The average molecular weight is 465 g/mol. The molecule has 1 fully saturated rings. The Bertz CT molecular complexity index is 1110. The molecule has 3 rings (SSSR count). The zero-order valence-electron chi connectivity index (χ0n) is 17.4. The van der Waals surface area contributed by atoms with Crippen LogP contribution in [-0.2, 0) is 14.2 Å². The van der Waals surface area contributed by atoms with E-state index in [1.807, 2.05) is 0 Å². The SMILES string of the molecule is Cc1cn([C@H]2C[C@H](O)[C@@H](COC(=S)OCC(C)c3ccccc3[N+](=O)[O-])O2)c(=O)[nH]c1=O. The van der Waals surface area contributed by atoms with E-state index in [0.717, 1.165) is 0 Å². The number of nitrogens with one attached hydrogen (secondary N) is 1. The molecule has 12 heteroatoms. The van der Waals surface area contributed by atoms with Crippen molar-refractivity contribution in [3.8, 4) is 0 Å². The van der Waals surface area contributed by atoms with Gasteiger partial charge in [-0.05, 0) is 6.92 Å². The Kier molecular flexibility index (Phi) is 7.38. The molecule has 11 nitrogen and oxygen atoms in total. The smallest absolute Gasteiger partial charge is 0.352 e. The first-order valence-corrected chi connectivity index (χ1v) is 10.3. The van der Waals surface area contributed by atoms with Gasteiger partial charge in [0.25, 0.3) is 11.2 Å². The van der Waals surface area contributed by atoms with Gasteiger partial charge in [-0.25, -0.2) is 4.79 Å². The number of aryl methyl sites for hydroxylation is 1. The van der Waals surface area contributed by atoms with E-state index in [1.54, 1.807) is 32.0 Å². The summed E-state index contributed by atoms with van der Waals surface area (Å²) in [6.07, 6.45) is -0.961. The molecule has 0 radical (unpaired) electrons. The molecule has 32 heavy (non-hydrogen) atoms. The van der Waals surface area contributed by atoms with E-state index in [9.17, 15) is 24.8 Å². The van der Waals surface area contributed by atoms with Crippen LogP contribution in [0, 0.1) is 17.0 Å². The Morgan fingerprint density at radius 2 is 2.12 bits per heavy atom. The normalized spacial score (nSPS) is 21.2. The average Bonchev–Trinajstić information content (AvgIpc) is 3.13. The van der Waals surface area contributed by atoms with Gasteiger partial charge in [-0.3, -0.25) is 24.5 Å². The van der Waals surface area contributed by atoms with Crippen molar-refractivity contribution in [3.05, 3.63) is 72.5 Å². The number of ether oxygens (including phenoxy) is 3. The van der Waals surface area contributed by atoms with Gasteiger partial charge in [0, 0.05) is 47.9 Å². The van der Waals surface area contributed by atoms with Crippen LogP contribution in [0.1, 0.15) is 36.6 Å². The Labute approximate surface area is 187 Å². The number of rotatable bonds is 7. The first kappa shape index (κ1) is 23.6. The second-order valence-electron chi connectivity index (χ2n) is 7.50. The van der Waals surface area contributed by atoms with Crippen LogP contribution in [0.3, 0.4) is 0 Å². The minimum absolute atomic E-state index is 0.00306. The number of aliphatic hydroxyl groups excluding tert-OH is 1. The number of H-pyrrole nitrogens is 1. The van der Waals surface area contributed by atoms with Crippen molar-refractivity contribution < 1.29 is 24.2 Å². The fourth-order valence-electron chi connectivity index (χ4n) is 3.38. The largest absolute Gasteiger partial charge is 0.456 e. The van der Waals surface area contributed by atoms with Crippen LogP contribution in [0.2, 0.25) is 0 Å². The lowest BCUT2D eigenvalue weighted by atomic mass is 10.0.